The van der Waals surface area contributed by atoms with Crippen molar-refractivity contribution < 1.29 is 19.1 Å². The van der Waals surface area contributed by atoms with E-state index in [-0.39, 0.29) is 17.6 Å². The first kappa shape index (κ1) is 17.9. The molecular formula is C20H16ClNO4. The third kappa shape index (κ3) is 4.18. The fraction of sp³-hybridized carbons (Fsp3) is 0.150. The van der Waals surface area contributed by atoms with E-state index in [0.29, 0.717) is 22.8 Å². The van der Waals surface area contributed by atoms with Crippen molar-refractivity contribution in [1.29, 1.82) is 0 Å². The van der Waals surface area contributed by atoms with Crippen molar-refractivity contribution in [1.82, 2.24) is 0 Å². The zero-order chi connectivity index (χ0) is 18.5. The zero-order valence-electron chi connectivity index (χ0n) is 14.1. The molecule has 0 saturated heterocycles. The number of rotatable bonds is 5. The number of ether oxygens (including phenoxy) is 2. The number of benzene rings is 2. The van der Waals surface area contributed by atoms with E-state index in [0.717, 1.165) is 12.0 Å². The Bertz CT molecular complexity index is 900. The van der Waals surface area contributed by atoms with Crippen LogP contribution in [-0.4, -0.2) is 24.4 Å². The van der Waals surface area contributed by atoms with Gasteiger partial charge in [0.25, 0.3) is 0 Å². The molecule has 0 saturated carbocycles. The summed E-state index contributed by atoms with van der Waals surface area (Å²) in [5.74, 6) is -0.692. The lowest BCUT2D eigenvalue weighted by Crippen LogP contribution is -2.05. The van der Waals surface area contributed by atoms with Crippen molar-refractivity contribution in [2.24, 2.45) is 4.99 Å². The minimum atomic E-state index is -0.536. The summed E-state index contributed by atoms with van der Waals surface area (Å²) in [6, 6.07) is 13.6. The van der Waals surface area contributed by atoms with Crippen molar-refractivity contribution in [3.8, 4) is 0 Å². The number of halogens is 1. The molecule has 2 aromatic rings. The molecular weight excluding hydrogens is 354 g/mol. The highest BCUT2D eigenvalue weighted by atomic mass is 35.5. The maximum atomic E-state index is 12.0. The highest BCUT2D eigenvalue weighted by molar-refractivity contribution is 6.31. The van der Waals surface area contributed by atoms with Crippen molar-refractivity contribution in [3.63, 3.8) is 0 Å². The highest BCUT2D eigenvalue weighted by Gasteiger charge is 2.24. The molecule has 3 rings (SSSR count). The van der Waals surface area contributed by atoms with Gasteiger partial charge < -0.3 is 9.47 Å². The highest BCUT2D eigenvalue weighted by Crippen LogP contribution is 2.21. The second-order valence-electron chi connectivity index (χ2n) is 5.60. The molecule has 2 aromatic carbocycles. The van der Waals surface area contributed by atoms with Crippen LogP contribution in [0.5, 0.6) is 0 Å². The average Bonchev–Trinajstić information content (AvgIpc) is 3.01. The summed E-state index contributed by atoms with van der Waals surface area (Å²) in [6.07, 6.45) is 2.37. The molecule has 0 N–H and O–H groups in total. The molecule has 5 nitrogen and oxygen atoms in total. The molecule has 0 bridgehead atoms. The van der Waals surface area contributed by atoms with E-state index in [9.17, 15) is 9.59 Å². The molecule has 0 spiro atoms. The van der Waals surface area contributed by atoms with Crippen LogP contribution >= 0.6 is 11.6 Å². The predicted octanol–water partition coefficient (Wildman–Crippen LogP) is 4.25. The maximum absolute atomic E-state index is 12.0. The van der Waals surface area contributed by atoms with Crippen LogP contribution in [0.15, 0.2) is 59.2 Å². The number of esters is 2. The van der Waals surface area contributed by atoms with Gasteiger partial charge in [-0.3, -0.25) is 0 Å². The Labute approximate surface area is 155 Å². The van der Waals surface area contributed by atoms with Crippen LogP contribution < -0.4 is 0 Å². The standard InChI is InChI=1S/C20H16ClNO4/c1-2-10-25-19(23)14-8-6-13(7-9-14)11-17-20(24)26-18(22-17)15-4-3-5-16(21)12-15/h3-9,11-12H,2,10H2,1H3/b17-11-. The van der Waals surface area contributed by atoms with Crippen LogP contribution in [0.3, 0.4) is 0 Å². The number of cyclic esters (lactones) is 1. The Morgan fingerprint density at radius 2 is 2.00 bits per heavy atom. The lowest BCUT2D eigenvalue weighted by molar-refractivity contribution is -0.129. The van der Waals surface area contributed by atoms with Crippen molar-refractivity contribution in [2.75, 3.05) is 6.61 Å². The van der Waals surface area contributed by atoms with Crippen LogP contribution in [0.2, 0.25) is 5.02 Å². The molecule has 1 heterocycles. The second-order valence-corrected chi connectivity index (χ2v) is 6.04. The van der Waals surface area contributed by atoms with E-state index in [1.165, 1.54) is 0 Å². The third-order valence-electron chi connectivity index (χ3n) is 3.58. The number of nitrogens with zero attached hydrogens (tertiary/aromatic N) is 1. The van der Waals surface area contributed by atoms with Gasteiger partial charge in [0.15, 0.2) is 5.70 Å². The molecule has 0 radical (unpaired) electrons. The van der Waals surface area contributed by atoms with E-state index in [4.69, 9.17) is 21.1 Å². The number of carbonyl (C=O) groups is 2. The second kappa shape index (κ2) is 7.97. The smallest absolute Gasteiger partial charge is 0.363 e. The minimum Gasteiger partial charge on any atom is -0.462 e. The van der Waals surface area contributed by atoms with Gasteiger partial charge in [0.2, 0.25) is 5.90 Å². The molecule has 0 fully saturated rings. The van der Waals surface area contributed by atoms with Crippen LogP contribution in [-0.2, 0) is 14.3 Å². The molecule has 1 aliphatic rings. The first-order valence-corrected chi connectivity index (χ1v) is 8.50. The fourth-order valence-electron chi connectivity index (χ4n) is 2.31. The van der Waals surface area contributed by atoms with Crippen LogP contribution in [0.1, 0.15) is 34.8 Å². The quantitative estimate of drug-likeness (QED) is 0.583. The Kier molecular flexibility index (Phi) is 5.49. The van der Waals surface area contributed by atoms with Gasteiger partial charge >= 0.3 is 11.9 Å². The number of carbonyl (C=O) groups excluding carboxylic acids is 2. The van der Waals surface area contributed by atoms with Gasteiger partial charge in [0, 0.05) is 10.6 Å². The van der Waals surface area contributed by atoms with Gasteiger partial charge in [-0.1, -0.05) is 36.7 Å². The summed E-state index contributed by atoms with van der Waals surface area (Å²) in [7, 11) is 0. The topological polar surface area (TPSA) is 65.0 Å². The summed E-state index contributed by atoms with van der Waals surface area (Å²) in [4.78, 5) is 28.1. The summed E-state index contributed by atoms with van der Waals surface area (Å²) >= 11 is 5.95. The van der Waals surface area contributed by atoms with E-state index in [2.05, 4.69) is 4.99 Å². The molecule has 0 aliphatic carbocycles. The number of aliphatic imine (C=N–C) groups is 1. The van der Waals surface area contributed by atoms with E-state index < -0.39 is 5.97 Å². The molecule has 26 heavy (non-hydrogen) atoms. The fourth-order valence-corrected chi connectivity index (χ4v) is 2.50. The van der Waals surface area contributed by atoms with Gasteiger partial charge in [0.1, 0.15) is 0 Å². The molecule has 0 amide bonds. The monoisotopic (exact) mass is 369 g/mol. The Morgan fingerprint density at radius 1 is 1.23 bits per heavy atom. The molecule has 0 aromatic heterocycles. The zero-order valence-corrected chi connectivity index (χ0v) is 14.8. The van der Waals surface area contributed by atoms with Crippen LogP contribution in [0.25, 0.3) is 6.08 Å². The van der Waals surface area contributed by atoms with E-state index in [1.54, 1.807) is 54.6 Å². The molecule has 1 aliphatic heterocycles. The van der Waals surface area contributed by atoms with Crippen molar-refractivity contribution in [3.05, 3.63) is 75.9 Å². The van der Waals surface area contributed by atoms with Crippen LogP contribution in [0, 0.1) is 0 Å². The lowest BCUT2D eigenvalue weighted by atomic mass is 10.1. The lowest BCUT2D eigenvalue weighted by Gasteiger charge is -2.03. The molecule has 6 heteroatoms. The van der Waals surface area contributed by atoms with Gasteiger partial charge in [-0.2, -0.15) is 0 Å². The van der Waals surface area contributed by atoms with E-state index in [1.807, 2.05) is 6.92 Å². The molecule has 132 valence electrons. The SMILES string of the molecule is CCCOC(=O)c1ccc(/C=C2\N=C(c3cccc(Cl)c3)OC2=O)cc1. The van der Waals surface area contributed by atoms with E-state index >= 15 is 0 Å². The van der Waals surface area contributed by atoms with Crippen LogP contribution in [0.4, 0.5) is 0 Å². The molecule has 0 atom stereocenters. The molecule has 0 unspecified atom stereocenters. The van der Waals surface area contributed by atoms with Crippen molar-refractivity contribution in [2.45, 2.75) is 13.3 Å². The summed E-state index contributed by atoms with van der Waals surface area (Å²) < 4.78 is 10.3. The van der Waals surface area contributed by atoms with Gasteiger partial charge in [-0.25, -0.2) is 14.6 Å². The average molecular weight is 370 g/mol. The Morgan fingerprint density at radius 3 is 2.69 bits per heavy atom. The normalized spacial score (nSPS) is 14.9. The predicted molar refractivity (Wildman–Crippen MR) is 99.1 cm³/mol. The first-order chi connectivity index (χ1) is 12.6. The number of hydrogen-bond acceptors (Lipinski definition) is 5. The number of hydrogen-bond donors (Lipinski definition) is 0. The largest absolute Gasteiger partial charge is 0.462 e. The van der Waals surface area contributed by atoms with Gasteiger partial charge in [-0.05, 0) is 48.4 Å². The first-order valence-electron chi connectivity index (χ1n) is 8.12. The van der Waals surface area contributed by atoms with Gasteiger partial charge in [0.05, 0.1) is 12.2 Å². The van der Waals surface area contributed by atoms with Gasteiger partial charge in [-0.15, -0.1) is 0 Å². The maximum Gasteiger partial charge on any atom is 0.363 e. The summed E-state index contributed by atoms with van der Waals surface area (Å²) in [6.45, 7) is 2.32. The Hall–Kier alpha value is -2.92. The Balaban J connectivity index is 1.79. The summed E-state index contributed by atoms with van der Waals surface area (Å²) in [5.41, 5.74) is 1.99. The van der Waals surface area contributed by atoms with Crippen molar-refractivity contribution >= 4 is 35.5 Å². The third-order valence-corrected chi connectivity index (χ3v) is 3.81. The minimum absolute atomic E-state index is 0.182. The summed E-state index contributed by atoms with van der Waals surface area (Å²) in [5, 5.41) is 0.532.